The van der Waals surface area contributed by atoms with Gasteiger partial charge in [0.05, 0.1) is 31.0 Å². The SMILES string of the molecule is C=C(OCC1CCC1)N1CCC(N2CC(CC#N)(n3cc(-c4ncnc5[nH]ccc45)cn3)C2)CC1. The van der Waals surface area contributed by atoms with Gasteiger partial charge in [0.1, 0.15) is 17.5 Å². The van der Waals surface area contributed by atoms with Crippen molar-refractivity contribution in [2.75, 3.05) is 32.8 Å². The van der Waals surface area contributed by atoms with Gasteiger partial charge in [-0.05, 0) is 44.2 Å². The van der Waals surface area contributed by atoms with E-state index in [1.807, 2.05) is 29.3 Å². The Kier molecular flexibility index (Phi) is 5.69. The van der Waals surface area contributed by atoms with Crippen LogP contribution in [0.15, 0.2) is 43.4 Å². The van der Waals surface area contributed by atoms with E-state index in [-0.39, 0.29) is 5.54 Å². The van der Waals surface area contributed by atoms with Crippen LogP contribution in [-0.4, -0.2) is 73.4 Å². The number of likely N-dealkylation sites (tertiary alicyclic amines) is 2. The number of hydrogen-bond donors (Lipinski definition) is 1. The van der Waals surface area contributed by atoms with Gasteiger partial charge in [-0.15, -0.1) is 0 Å². The molecule has 182 valence electrons. The van der Waals surface area contributed by atoms with Crippen LogP contribution in [0.2, 0.25) is 0 Å². The van der Waals surface area contributed by atoms with Crippen molar-refractivity contribution in [3.05, 3.63) is 43.4 Å². The summed E-state index contributed by atoms with van der Waals surface area (Å²) in [4.78, 5) is 16.7. The Bertz CT molecular complexity index is 1240. The van der Waals surface area contributed by atoms with Crippen LogP contribution >= 0.6 is 0 Å². The predicted octanol–water partition coefficient (Wildman–Crippen LogP) is 3.50. The molecule has 1 aliphatic carbocycles. The van der Waals surface area contributed by atoms with Gasteiger partial charge in [0.25, 0.3) is 0 Å². The Morgan fingerprint density at radius 3 is 2.80 bits per heavy atom. The lowest BCUT2D eigenvalue weighted by Gasteiger charge is -2.53. The van der Waals surface area contributed by atoms with Crippen LogP contribution in [0.3, 0.4) is 0 Å². The topological polar surface area (TPSA) is 98.9 Å². The molecule has 2 saturated heterocycles. The summed E-state index contributed by atoms with van der Waals surface area (Å²) in [5, 5.41) is 15.3. The lowest BCUT2D eigenvalue weighted by Crippen LogP contribution is -2.66. The zero-order chi connectivity index (χ0) is 23.8. The Balaban J connectivity index is 1.08. The summed E-state index contributed by atoms with van der Waals surface area (Å²) in [5.41, 5.74) is 2.33. The fourth-order valence-electron chi connectivity index (χ4n) is 5.70. The number of aromatic amines is 1. The highest BCUT2D eigenvalue weighted by Gasteiger charge is 2.48. The number of aromatic nitrogens is 5. The van der Waals surface area contributed by atoms with Gasteiger partial charge in [-0.25, -0.2) is 9.97 Å². The van der Waals surface area contributed by atoms with E-state index < -0.39 is 0 Å². The minimum atomic E-state index is -0.288. The standard InChI is InChI=1S/C26H32N8O/c1-19(35-15-20-3-2-4-20)32-11-6-22(7-12-32)33-16-26(17-33,8-9-27)34-14-21(13-31-34)24-23-5-10-28-25(23)30-18-29-24/h5,10,13-14,18,20,22H,1-4,6-8,11-12,15-17H2,(H,28,29,30). The molecule has 1 saturated carbocycles. The molecule has 0 spiro atoms. The molecule has 0 aromatic carbocycles. The second-order valence-corrected chi connectivity index (χ2v) is 10.3. The summed E-state index contributed by atoms with van der Waals surface area (Å²) >= 11 is 0. The molecule has 0 atom stereocenters. The van der Waals surface area contributed by atoms with Crippen LogP contribution < -0.4 is 0 Å². The summed E-state index contributed by atoms with van der Waals surface area (Å²) in [7, 11) is 0. The maximum Gasteiger partial charge on any atom is 0.181 e. The number of nitriles is 1. The Labute approximate surface area is 205 Å². The minimum Gasteiger partial charge on any atom is -0.479 e. The third-order valence-corrected chi connectivity index (χ3v) is 8.14. The smallest absolute Gasteiger partial charge is 0.181 e. The molecule has 0 bridgehead atoms. The predicted molar refractivity (Wildman–Crippen MR) is 132 cm³/mol. The number of ether oxygens (including phenoxy) is 1. The number of hydrogen-bond acceptors (Lipinski definition) is 7. The molecule has 5 heterocycles. The number of piperidine rings is 1. The summed E-state index contributed by atoms with van der Waals surface area (Å²) < 4.78 is 7.96. The molecule has 2 aliphatic heterocycles. The van der Waals surface area contributed by atoms with Crippen molar-refractivity contribution in [2.45, 2.75) is 50.1 Å². The van der Waals surface area contributed by atoms with Crippen molar-refractivity contribution in [1.29, 1.82) is 5.26 Å². The molecule has 6 rings (SSSR count). The monoisotopic (exact) mass is 472 g/mol. The third kappa shape index (κ3) is 4.06. The van der Waals surface area contributed by atoms with Crippen molar-refractivity contribution < 1.29 is 4.74 Å². The van der Waals surface area contributed by atoms with Gasteiger partial charge in [-0.3, -0.25) is 9.58 Å². The maximum absolute atomic E-state index is 9.60. The zero-order valence-corrected chi connectivity index (χ0v) is 20.1. The van der Waals surface area contributed by atoms with Crippen LogP contribution in [0.5, 0.6) is 0 Å². The lowest BCUT2D eigenvalue weighted by atomic mass is 9.84. The molecule has 3 aromatic heterocycles. The van der Waals surface area contributed by atoms with E-state index >= 15 is 0 Å². The highest BCUT2D eigenvalue weighted by atomic mass is 16.5. The van der Waals surface area contributed by atoms with E-state index in [0.717, 1.165) is 79.7 Å². The fourth-order valence-corrected chi connectivity index (χ4v) is 5.70. The first-order valence-corrected chi connectivity index (χ1v) is 12.7. The molecular weight excluding hydrogens is 440 g/mol. The Morgan fingerprint density at radius 2 is 2.06 bits per heavy atom. The van der Waals surface area contributed by atoms with E-state index in [1.165, 1.54) is 19.3 Å². The Morgan fingerprint density at radius 1 is 1.23 bits per heavy atom. The van der Waals surface area contributed by atoms with E-state index in [9.17, 15) is 5.26 Å². The highest BCUT2D eigenvalue weighted by Crippen LogP contribution is 2.37. The van der Waals surface area contributed by atoms with Crippen LogP contribution in [-0.2, 0) is 10.3 Å². The number of rotatable bonds is 8. The normalized spacial score (nSPS) is 20.8. The van der Waals surface area contributed by atoms with E-state index in [2.05, 4.69) is 42.5 Å². The summed E-state index contributed by atoms with van der Waals surface area (Å²) in [6, 6.07) is 4.91. The first-order chi connectivity index (χ1) is 17.1. The van der Waals surface area contributed by atoms with Crippen LogP contribution in [0.1, 0.15) is 38.5 Å². The number of H-pyrrole nitrogens is 1. The Hall–Kier alpha value is -3.38. The van der Waals surface area contributed by atoms with Gasteiger partial charge in [-0.1, -0.05) is 6.42 Å². The van der Waals surface area contributed by atoms with E-state index in [1.54, 1.807) is 6.33 Å². The van der Waals surface area contributed by atoms with Gasteiger partial charge < -0.3 is 14.6 Å². The van der Waals surface area contributed by atoms with Crippen LogP contribution in [0.25, 0.3) is 22.3 Å². The molecule has 3 aliphatic rings. The fraction of sp³-hybridized carbons (Fsp3) is 0.538. The number of fused-ring (bicyclic) bond motifs is 1. The van der Waals surface area contributed by atoms with Crippen molar-refractivity contribution >= 4 is 11.0 Å². The largest absolute Gasteiger partial charge is 0.479 e. The van der Waals surface area contributed by atoms with Gasteiger partial charge in [0, 0.05) is 55.6 Å². The molecule has 9 heteroatoms. The van der Waals surface area contributed by atoms with Gasteiger partial charge in [0.2, 0.25) is 0 Å². The number of nitrogens with zero attached hydrogens (tertiary/aromatic N) is 7. The second kappa shape index (κ2) is 9.00. The highest BCUT2D eigenvalue weighted by molar-refractivity contribution is 5.89. The molecule has 35 heavy (non-hydrogen) atoms. The van der Waals surface area contributed by atoms with E-state index in [0.29, 0.717) is 12.5 Å². The molecule has 3 fully saturated rings. The maximum atomic E-state index is 9.60. The average Bonchev–Trinajstić information content (AvgIpc) is 3.50. The third-order valence-electron chi connectivity index (χ3n) is 8.14. The van der Waals surface area contributed by atoms with Crippen molar-refractivity contribution in [2.24, 2.45) is 5.92 Å². The molecule has 0 amide bonds. The average molecular weight is 473 g/mol. The molecule has 0 unspecified atom stereocenters. The molecule has 9 nitrogen and oxygen atoms in total. The van der Waals surface area contributed by atoms with Crippen molar-refractivity contribution in [1.82, 2.24) is 34.5 Å². The minimum absolute atomic E-state index is 0.288. The van der Waals surface area contributed by atoms with Crippen LogP contribution in [0.4, 0.5) is 0 Å². The first-order valence-electron chi connectivity index (χ1n) is 12.7. The number of nitrogens with one attached hydrogen (secondary N) is 1. The van der Waals surface area contributed by atoms with Crippen molar-refractivity contribution in [3.63, 3.8) is 0 Å². The summed E-state index contributed by atoms with van der Waals surface area (Å²) in [6.07, 6.45) is 13.9. The summed E-state index contributed by atoms with van der Waals surface area (Å²) in [6.45, 7) is 8.62. The lowest BCUT2D eigenvalue weighted by molar-refractivity contribution is -0.0463. The zero-order valence-electron chi connectivity index (χ0n) is 20.1. The molecule has 0 radical (unpaired) electrons. The second-order valence-electron chi connectivity index (χ2n) is 10.3. The van der Waals surface area contributed by atoms with Gasteiger partial charge in [0.15, 0.2) is 5.88 Å². The quantitative estimate of drug-likeness (QED) is 0.501. The first kappa shape index (κ1) is 22.1. The van der Waals surface area contributed by atoms with Gasteiger partial charge in [-0.2, -0.15) is 10.4 Å². The molecule has 3 aromatic rings. The van der Waals surface area contributed by atoms with Crippen LogP contribution in [0, 0.1) is 17.2 Å². The van der Waals surface area contributed by atoms with E-state index in [4.69, 9.17) is 4.74 Å². The summed E-state index contributed by atoms with van der Waals surface area (Å²) in [5.74, 6) is 1.56. The molecule has 1 N–H and O–H groups in total. The van der Waals surface area contributed by atoms with Gasteiger partial charge >= 0.3 is 0 Å². The van der Waals surface area contributed by atoms with Crippen molar-refractivity contribution in [3.8, 4) is 17.3 Å². The molecular formula is C26H32N8O.